The van der Waals surface area contributed by atoms with E-state index >= 15 is 0 Å². The number of hydrogen-bond donors (Lipinski definition) is 1. The van der Waals surface area contributed by atoms with Crippen molar-refractivity contribution in [2.75, 3.05) is 18.0 Å². The zero-order valence-electron chi connectivity index (χ0n) is 15.0. The number of piperidine rings is 1. The minimum atomic E-state index is -0.704. The van der Waals surface area contributed by atoms with Gasteiger partial charge in [-0.15, -0.1) is 0 Å². The van der Waals surface area contributed by atoms with Crippen molar-refractivity contribution in [3.8, 4) is 0 Å². The van der Waals surface area contributed by atoms with Crippen LogP contribution in [-0.2, 0) is 24.1 Å². The molecule has 0 saturated carbocycles. The average Bonchev–Trinajstić information content (AvgIpc) is 3.16. The van der Waals surface area contributed by atoms with Crippen molar-refractivity contribution in [3.05, 3.63) is 53.5 Å². The number of carbonyl (C=O) groups is 1. The van der Waals surface area contributed by atoms with Crippen LogP contribution in [0.1, 0.15) is 42.5 Å². The van der Waals surface area contributed by atoms with E-state index in [9.17, 15) is 9.90 Å². The van der Waals surface area contributed by atoms with Gasteiger partial charge in [-0.2, -0.15) is 0 Å². The molecular formula is C21H25N3O2. The van der Waals surface area contributed by atoms with Gasteiger partial charge in [0.2, 0.25) is 0 Å². The summed E-state index contributed by atoms with van der Waals surface area (Å²) >= 11 is 0. The van der Waals surface area contributed by atoms with Crippen LogP contribution in [0.15, 0.2) is 36.7 Å². The SMILES string of the molecule is O=C(O)[C@@]1(CCc2ccccc2)CCCN(c2ncnc3c2CCC3)C1. The number of rotatable bonds is 5. The number of hydrogen-bond acceptors (Lipinski definition) is 4. The Bertz CT molecular complexity index is 793. The molecule has 5 heteroatoms. The summed E-state index contributed by atoms with van der Waals surface area (Å²) in [5, 5.41) is 10.1. The fourth-order valence-corrected chi connectivity index (χ4v) is 4.44. The van der Waals surface area contributed by atoms with Gasteiger partial charge in [0, 0.05) is 24.3 Å². The van der Waals surface area contributed by atoms with Gasteiger partial charge >= 0.3 is 5.97 Å². The zero-order valence-corrected chi connectivity index (χ0v) is 15.0. The third-order valence-electron chi connectivity index (χ3n) is 5.92. The number of fused-ring (bicyclic) bond motifs is 1. The highest BCUT2D eigenvalue weighted by Crippen LogP contribution is 2.38. The van der Waals surface area contributed by atoms with Gasteiger partial charge in [-0.05, 0) is 50.5 Å². The molecule has 1 aromatic carbocycles. The van der Waals surface area contributed by atoms with E-state index in [4.69, 9.17) is 0 Å². The molecule has 4 rings (SSSR count). The summed E-state index contributed by atoms with van der Waals surface area (Å²) in [4.78, 5) is 23.4. The lowest BCUT2D eigenvalue weighted by molar-refractivity contribution is -0.150. The third-order valence-corrected chi connectivity index (χ3v) is 5.92. The van der Waals surface area contributed by atoms with Gasteiger partial charge < -0.3 is 10.0 Å². The van der Waals surface area contributed by atoms with E-state index in [-0.39, 0.29) is 0 Å². The molecule has 0 unspecified atom stereocenters. The first-order valence-electron chi connectivity index (χ1n) is 9.53. The van der Waals surface area contributed by atoms with E-state index < -0.39 is 11.4 Å². The van der Waals surface area contributed by atoms with E-state index in [1.54, 1.807) is 6.33 Å². The van der Waals surface area contributed by atoms with Crippen molar-refractivity contribution in [2.24, 2.45) is 5.41 Å². The molecule has 1 aliphatic heterocycles. The van der Waals surface area contributed by atoms with Gasteiger partial charge in [-0.3, -0.25) is 4.79 Å². The number of nitrogens with zero attached hydrogens (tertiary/aromatic N) is 3. The Morgan fingerprint density at radius 2 is 2.00 bits per heavy atom. The molecule has 1 aromatic heterocycles. The first-order chi connectivity index (χ1) is 12.7. The van der Waals surface area contributed by atoms with Crippen LogP contribution < -0.4 is 4.90 Å². The van der Waals surface area contributed by atoms with Crippen LogP contribution in [0, 0.1) is 5.41 Å². The summed E-state index contributed by atoms with van der Waals surface area (Å²) in [5.74, 6) is 0.293. The molecule has 26 heavy (non-hydrogen) atoms. The Kier molecular flexibility index (Phi) is 4.62. The number of aromatic nitrogens is 2. The summed E-state index contributed by atoms with van der Waals surface area (Å²) in [6.45, 7) is 1.42. The minimum absolute atomic E-state index is 0.540. The molecule has 2 aliphatic rings. The molecule has 1 saturated heterocycles. The van der Waals surface area contributed by atoms with E-state index in [1.807, 2.05) is 18.2 Å². The zero-order chi connectivity index (χ0) is 18.0. The largest absolute Gasteiger partial charge is 0.481 e. The predicted octanol–water partition coefficient (Wildman–Crippen LogP) is 3.27. The fraction of sp³-hybridized carbons (Fsp3) is 0.476. The van der Waals surface area contributed by atoms with E-state index in [1.165, 1.54) is 11.1 Å². The molecule has 1 atom stereocenters. The Balaban J connectivity index is 1.56. The smallest absolute Gasteiger partial charge is 0.311 e. The summed E-state index contributed by atoms with van der Waals surface area (Å²) < 4.78 is 0. The second-order valence-corrected chi connectivity index (χ2v) is 7.57. The maximum atomic E-state index is 12.2. The Hall–Kier alpha value is -2.43. The van der Waals surface area contributed by atoms with Gasteiger partial charge in [0.05, 0.1) is 5.41 Å². The molecule has 2 heterocycles. The lowest BCUT2D eigenvalue weighted by atomic mass is 9.75. The number of aliphatic carboxylic acids is 1. The summed E-state index contributed by atoms with van der Waals surface area (Å²) in [6, 6.07) is 10.2. The van der Waals surface area contributed by atoms with Crippen molar-refractivity contribution < 1.29 is 9.90 Å². The highest BCUT2D eigenvalue weighted by Gasteiger charge is 2.43. The number of anilines is 1. The predicted molar refractivity (Wildman–Crippen MR) is 100 cm³/mol. The summed E-state index contributed by atoms with van der Waals surface area (Å²) in [6.07, 6.45) is 7.86. The first kappa shape index (κ1) is 17.0. The molecular weight excluding hydrogens is 326 g/mol. The van der Waals surface area contributed by atoms with Crippen molar-refractivity contribution in [1.29, 1.82) is 0 Å². The van der Waals surface area contributed by atoms with E-state index in [2.05, 4.69) is 27.0 Å². The van der Waals surface area contributed by atoms with Crippen molar-refractivity contribution >= 4 is 11.8 Å². The topological polar surface area (TPSA) is 66.3 Å². The summed E-state index contributed by atoms with van der Waals surface area (Å²) in [5.41, 5.74) is 2.88. The maximum Gasteiger partial charge on any atom is 0.311 e. The molecule has 136 valence electrons. The lowest BCUT2D eigenvalue weighted by Gasteiger charge is -2.41. The van der Waals surface area contributed by atoms with Crippen molar-refractivity contribution in [2.45, 2.75) is 44.9 Å². The normalized spacial score (nSPS) is 22.2. The molecule has 1 aliphatic carbocycles. The lowest BCUT2D eigenvalue weighted by Crippen LogP contribution is -2.48. The van der Waals surface area contributed by atoms with Gasteiger partial charge in [0.25, 0.3) is 0 Å². The molecule has 0 radical (unpaired) electrons. The van der Waals surface area contributed by atoms with Gasteiger partial charge in [-0.1, -0.05) is 30.3 Å². The van der Waals surface area contributed by atoms with Crippen LogP contribution in [0.3, 0.4) is 0 Å². The van der Waals surface area contributed by atoms with Gasteiger partial charge in [0.15, 0.2) is 0 Å². The standard InChI is InChI=1S/C21H25N3O2/c25-20(26)21(12-10-16-6-2-1-3-7-16)11-5-13-24(14-21)19-17-8-4-9-18(17)22-15-23-19/h1-3,6-7,15H,4-5,8-14H2,(H,25,26)/t21-/m1/s1. The van der Waals surface area contributed by atoms with E-state index in [0.29, 0.717) is 13.0 Å². The molecule has 1 fully saturated rings. The van der Waals surface area contributed by atoms with Crippen LogP contribution in [0.25, 0.3) is 0 Å². The number of carboxylic acids is 1. The Morgan fingerprint density at radius 1 is 1.15 bits per heavy atom. The Labute approximate surface area is 154 Å². The molecule has 0 spiro atoms. The first-order valence-corrected chi connectivity index (χ1v) is 9.53. The minimum Gasteiger partial charge on any atom is -0.481 e. The Morgan fingerprint density at radius 3 is 2.81 bits per heavy atom. The van der Waals surface area contributed by atoms with Crippen molar-refractivity contribution in [3.63, 3.8) is 0 Å². The monoisotopic (exact) mass is 351 g/mol. The second-order valence-electron chi connectivity index (χ2n) is 7.57. The van der Waals surface area contributed by atoms with E-state index in [0.717, 1.165) is 56.6 Å². The molecule has 2 aromatic rings. The van der Waals surface area contributed by atoms with Crippen LogP contribution in [0.5, 0.6) is 0 Å². The average molecular weight is 351 g/mol. The summed E-state index contributed by atoms with van der Waals surface area (Å²) in [7, 11) is 0. The van der Waals surface area contributed by atoms with Crippen LogP contribution >= 0.6 is 0 Å². The van der Waals surface area contributed by atoms with Crippen LogP contribution in [0.2, 0.25) is 0 Å². The number of aryl methyl sites for hydroxylation is 2. The molecule has 0 bridgehead atoms. The molecule has 5 nitrogen and oxygen atoms in total. The number of benzene rings is 1. The molecule has 1 N–H and O–H groups in total. The third kappa shape index (κ3) is 3.18. The highest BCUT2D eigenvalue weighted by atomic mass is 16.4. The fourth-order valence-electron chi connectivity index (χ4n) is 4.44. The van der Waals surface area contributed by atoms with Crippen LogP contribution in [0.4, 0.5) is 5.82 Å². The van der Waals surface area contributed by atoms with Gasteiger partial charge in [-0.25, -0.2) is 9.97 Å². The van der Waals surface area contributed by atoms with Crippen LogP contribution in [-0.4, -0.2) is 34.1 Å². The quantitative estimate of drug-likeness (QED) is 0.895. The highest BCUT2D eigenvalue weighted by molar-refractivity contribution is 5.76. The van der Waals surface area contributed by atoms with Crippen molar-refractivity contribution in [1.82, 2.24) is 9.97 Å². The maximum absolute atomic E-state index is 12.2. The second kappa shape index (κ2) is 7.06. The molecule has 0 amide bonds. The number of carboxylic acid groups (broad SMARTS) is 1. The van der Waals surface area contributed by atoms with Gasteiger partial charge in [0.1, 0.15) is 12.1 Å².